The van der Waals surface area contributed by atoms with Gasteiger partial charge in [0.15, 0.2) is 0 Å². The molecule has 0 amide bonds. The summed E-state index contributed by atoms with van der Waals surface area (Å²) < 4.78 is 0. The number of aromatic nitrogens is 1. The minimum Gasteiger partial charge on any atom is -0.396 e. The summed E-state index contributed by atoms with van der Waals surface area (Å²) in [5.74, 6) is 0.758. The average molecular weight is 269 g/mol. The molecule has 1 aromatic rings. The van der Waals surface area contributed by atoms with Crippen LogP contribution in [0.15, 0.2) is 12.3 Å². The van der Waals surface area contributed by atoms with Gasteiger partial charge in [0.1, 0.15) is 5.82 Å². The first kappa shape index (κ1) is 13.4. The van der Waals surface area contributed by atoms with E-state index in [1.807, 2.05) is 0 Å². The van der Waals surface area contributed by atoms with Crippen molar-refractivity contribution in [2.45, 2.75) is 32.2 Å². The Morgan fingerprint density at radius 2 is 2.22 bits per heavy atom. The Kier molecular flexibility index (Phi) is 4.66. The molecule has 0 unspecified atom stereocenters. The monoisotopic (exact) mass is 268 g/mol. The van der Waals surface area contributed by atoms with Gasteiger partial charge >= 0.3 is 0 Å². The van der Waals surface area contributed by atoms with Crippen molar-refractivity contribution in [2.24, 2.45) is 0 Å². The van der Waals surface area contributed by atoms with Gasteiger partial charge in [-0.2, -0.15) is 0 Å². The predicted molar refractivity (Wildman–Crippen MR) is 77.0 cm³/mol. The second-order valence-electron chi connectivity index (χ2n) is 4.85. The minimum atomic E-state index is 0.467. The van der Waals surface area contributed by atoms with E-state index in [0.717, 1.165) is 31.7 Å². The largest absolute Gasteiger partial charge is 0.396 e. The van der Waals surface area contributed by atoms with Crippen molar-refractivity contribution in [1.82, 2.24) is 9.88 Å². The van der Waals surface area contributed by atoms with E-state index in [9.17, 15) is 0 Å². The number of hydrogen-bond donors (Lipinski definition) is 2. The normalized spacial score (nSPS) is 17.9. The molecule has 0 atom stereocenters. The molecular weight excluding hydrogens is 248 g/mol. The molecule has 3 N–H and O–H groups in total. The van der Waals surface area contributed by atoms with Crippen molar-refractivity contribution in [2.75, 3.05) is 30.7 Å². The molecule has 18 heavy (non-hydrogen) atoms. The Hall–Kier alpha value is -1.00. The van der Waals surface area contributed by atoms with Crippen molar-refractivity contribution in [3.05, 3.63) is 17.3 Å². The van der Waals surface area contributed by atoms with Crippen LogP contribution in [0.25, 0.3) is 0 Å². The van der Waals surface area contributed by atoms with E-state index in [0.29, 0.717) is 16.8 Å². The Morgan fingerprint density at radius 1 is 1.50 bits per heavy atom. The van der Waals surface area contributed by atoms with Crippen LogP contribution in [-0.2, 0) is 0 Å². The van der Waals surface area contributed by atoms with E-state index in [-0.39, 0.29) is 0 Å². The lowest BCUT2D eigenvalue weighted by atomic mass is 10.0. The first-order chi connectivity index (χ1) is 8.69. The van der Waals surface area contributed by atoms with Crippen LogP contribution in [0.2, 0.25) is 5.02 Å². The summed E-state index contributed by atoms with van der Waals surface area (Å²) in [6.45, 7) is 5.73. The molecule has 1 aromatic heterocycles. The molecule has 2 rings (SSSR count). The minimum absolute atomic E-state index is 0.467. The lowest BCUT2D eigenvalue weighted by Crippen LogP contribution is -2.39. The maximum Gasteiger partial charge on any atom is 0.149 e. The van der Waals surface area contributed by atoms with E-state index in [4.69, 9.17) is 17.3 Å². The maximum atomic E-state index is 5.89. The molecule has 5 heteroatoms. The number of anilines is 2. The number of nitrogens with zero attached hydrogens (tertiary/aromatic N) is 2. The molecule has 1 fully saturated rings. The fourth-order valence-corrected chi connectivity index (χ4v) is 2.55. The van der Waals surface area contributed by atoms with Crippen molar-refractivity contribution >= 4 is 23.1 Å². The van der Waals surface area contributed by atoms with Crippen LogP contribution in [0.3, 0.4) is 0 Å². The smallest absolute Gasteiger partial charge is 0.149 e. The quantitative estimate of drug-likeness (QED) is 0.881. The number of piperidine rings is 1. The zero-order valence-electron chi connectivity index (χ0n) is 10.8. The predicted octanol–water partition coefficient (Wildman–Crippen LogP) is 2.60. The number of likely N-dealkylation sites (tertiary alicyclic amines) is 1. The van der Waals surface area contributed by atoms with Crippen molar-refractivity contribution in [3.8, 4) is 0 Å². The van der Waals surface area contributed by atoms with Crippen molar-refractivity contribution < 1.29 is 0 Å². The Balaban J connectivity index is 1.87. The summed E-state index contributed by atoms with van der Waals surface area (Å²) in [7, 11) is 0. The average Bonchev–Trinajstić information content (AvgIpc) is 2.35. The lowest BCUT2D eigenvalue weighted by molar-refractivity contribution is 0.219. The van der Waals surface area contributed by atoms with Gasteiger partial charge in [0.05, 0.1) is 10.7 Å². The standard InChI is InChI=1S/C13H21ClN4/c1-2-5-18-6-3-11(4-7-18)17-13-12(15)8-10(14)9-16-13/h8-9,11H,2-7,15H2,1H3,(H,16,17). The topological polar surface area (TPSA) is 54.2 Å². The van der Waals surface area contributed by atoms with Gasteiger partial charge in [-0.25, -0.2) is 4.98 Å². The van der Waals surface area contributed by atoms with Gasteiger partial charge in [0.25, 0.3) is 0 Å². The van der Waals surface area contributed by atoms with Crippen molar-refractivity contribution in [3.63, 3.8) is 0 Å². The highest BCUT2D eigenvalue weighted by atomic mass is 35.5. The Labute approximate surface area is 114 Å². The highest BCUT2D eigenvalue weighted by Gasteiger charge is 2.19. The zero-order valence-corrected chi connectivity index (χ0v) is 11.6. The zero-order chi connectivity index (χ0) is 13.0. The molecule has 0 spiro atoms. The molecule has 0 radical (unpaired) electrons. The Morgan fingerprint density at radius 3 is 2.83 bits per heavy atom. The fraction of sp³-hybridized carbons (Fsp3) is 0.615. The number of hydrogen-bond acceptors (Lipinski definition) is 4. The number of nitrogens with one attached hydrogen (secondary N) is 1. The lowest BCUT2D eigenvalue weighted by Gasteiger charge is -2.32. The highest BCUT2D eigenvalue weighted by Crippen LogP contribution is 2.22. The van der Waals surface area contributed by atoms with E-state index < -0.39 is 0 Å². The summed E-state index contributed by atoms with van der Waals surface area (Å²) in [6, 6.07) is 2.21. The second-order valence-corrected chi connectivity index (χ2v) is 5.29. The molecule has 0 saturated carbocycles. The third-order valence-corrected chi connectivity index (χ3v) is 3.56. The molecule has 1 aliphatic rings. The molecule has 2 heterocycles. The van der Waals surface area contributed by atoms with Gasteiger partial charge in [-0.05, 0) is 31.9 Å². The Bertz CT molecular complexity index is 389. The molecule has 0 bridgehead atoms. The van der Waals surface area contributed by atoms with Gasteiger partial charge in [-0.1, -0.05) is 18.5 Å². The van der Waals surface area contributed by atoms with Gasteiger partial charge < -0.3 is 16.0 Å². The molecule has 100 valence electrons. The van der Waals surface area contributed by atoms with E-state index in [2.05, 4.69) is 22.1 Å². The number of halogens is 1. The van der Waals surface area contributed by atoms with Crippen LogP contribution in [0.5, 0.6) is 0 Å². The second kappa shape index (κ2) is 6.25. The SMILES string of the molecule is CCCN1CCC(Nc2ncc(Cl)cc2N)CC1. The van der Waals surface area contributed by atoms with Gasteiger partial charge in [0.2, 0.25) is 0 Å². The number of pyridine rings is 1. The van der Waals surface area contributed by atoms with E-state index in [1.165, 1.54) is 13.0 Å². The van der Waals surface area contributed by atoms with Crippen LogP contribution in [-0.4, -0.2) is 35.6 Å². The van der Waals surface area contributed by atoms with Gasteiger partial charge in [-0.3, -0.25) is 0 Å². The van der Waals surface area contributed by atoms with Crippen LogP contribution in [0.1, 0.15) is 26.2 Å². The molecule has 1 aliphatic heterocycles. The summed E-state index contributed by atoms with van der Waals surface area (Å²) >= 11 is 5.84. The molecule has 4 nitrogen and oxygen atoms in total. The molecular formula is C13H21ClN4. The summed E-state index contributed by atoms with van der Waals surface area (Å²) in [4.78, 5) is 6.76. The highest BCUT2D eigenvalue weighted by molar-refractivity contribution is 6.30. The summed E-state index contributed by atoms with van der Waals surface area (Å²) in [5.41, 5.74) is 6.52. The molecule has 0 aromatic carbocycles. The summed E-state index contributed by atoms with van der Waals surface area (Å²) in [5, 5.41) is 4.00. The van der Waals surface area contributed by atoms with Crippen LogP contribution in [0.4, 0.5) is 11.5 Å². The number of nitrogens with two attached hydrogens (primary N) is 1. The maximum absolute atomic E-state index is 5.89. The van der Waals surface area contributed by atoms with Crippen LogP contribution < -0.4 is 11.1 Å². The first-order valence-electron chi connectivity index (χ1n) is 6.59. The third-order valence-electron chi connectivity index (χ3n) is 3.35. The first-order valence-corrected chi connectivity index (χ1v) is 6.96. The van der Waals surface area contributed by atoms with Gasteiger partial charge in [-0.15, -0.1) is 0 Å². The summed E-state index contributed by atoms with van der Waals surface area (Å²) in [6.07, 6.45) is 5.14. The number of nitrogen functional groups attached to an aromatic ring is 1. The van der Waals surface area contributed by atoms with Crippen LogP contribution in [0, 0.1) is 0 Å². The van der Waals surface area contributed by atoms with E-state index >= 15 is 0 Å². The molecule has 0 aliphatic carbocycles. The van der Waals surface area contributed by atoms with Crippen molar-refractivity contribution in [1.29, 1.82) is 0 Å². The fourth-order valence-electron chi connectivity index (χ4n) is 2.39. The molecule has 1 saturated heterocycles. The van der Waals surface area contributed by atoms with Gasteiger partial charge in [0, 0.05) is 25.3 Å². The van der Waals surface area contributed by atoms with Crippen LogP contribution >= 0.6 is 11.6 Å². The number of rotatable bonds is 4. The van der Waals surface area contributed by atoms with E-state index in [1.54, 1.807) is 12.3 Å². The third kappa shape index (κ3) is 3.50.